The summed E-state index contributed by atoms with van der Waals surface area (Å²) < 4.78 is 1.57. The summed E-state index contributed by atoms with van der Waals surface area (Å²) in [6, 6.07) is 0. The molecule has 0 N–H and O–H groups in total. The first-order valence-electron chi connectivity index (χ1n) is 2.81. The van der Waals surface area contributed by atoms with Gasteiger partial charge in [0.2, 0.25) is 0 Å². The van der Waals surface area contributed by atoms with Gasteiger partial charge in [0.05, 0.1) is 6.20 Å². The van der Waals surface area contributed by atoms with Crippen LogP contribution in [0.15, 0.2) is 12.3 Å². The summed E-state index contributed by atoms with van der Waals surface area (Å²) in [5.74, 6) is 0. The van der Waals surface area contributed by atoms with Gasteiger partial charge in [-0.25, -0.2) is 0 Å². The topological polar surface area (TPSA) is 47.8 Å². The Morgan fingerprint density at radius 3 is 3.00 bits per heavy atom. The zero-order chi connectivity index (χ0) is 7.40. The molecule has 0 saturated heterocycles. The number of hydrogen-bond donors (Lipinski definition) is 0. The van der Waals surface area contributed by atoms with Crippen molar-refractivity contribution in [3.8, 4) is 0 Å². The van der Waals surface area contributed by atoms with E-state index in [0.717, 1.165) is 0 Å². The maximum absolute atomic E-state index is 9.84. The molecule has 4 heteroatoms. The highest BCUT2D eigenvalue weighted by Gasteiger charge is 1.89. The van der Waals surface area contributed by atoms with E-state index in [0.29, 0.717) is 12.0 Å². The van der Waals surface area contributed by atoms with E-state index in [2.05, 4.69) is 10.3 Å². The van der Waals surface area contributed by atoms with Crippen LogP contribution >= 0.6 is 0 Å². The standard InChI is InChI=1S/C6H7N3O/c1-9-5-6(7-8-9)3-2-4-10/h2-5H,1H3/b3-2+. The van der Waals surface area contributed by atoms with E-state index in [1.807, 2.05) is 0 Å². The number of nitrogens with zero attached hydrogens (tertiary/aromatic N) is 3. The number of rotatable bonds is 2. The average molecular weight is 137 g/mol. The Kier molecular flexibility index (Phi) is 1.94. The van der Waals surface area contributed by atoms with Crippen LogP contribution in [0.2, 0.25) is 0 Å². The number of aryl methyl sites for hydroxylation is 1. The number of carbonyl (C=O) groups excluding carboxylic acids is 1. The molecule has 0 saturated carbocycles. The zero-order valence-corrected chi connectivity index (χ0v) is 5.56. The Bertz CT molecular complexity index is 251. The first kappa shape index (κ1) is 6.67. The van der Waals surface area contributed by atoms with Gasteiger partial charge in [0.15, 0.2) is 0 Å². The van der Waals surface area contributed by atoms with E-state index >= 15 is 0 Å². The largest absolute Gasteiger partial charge is 0.299 e. The molecule has 0 atom stereocenters. The molecule has 1 heterocycles. The predicted octanol–water partition coefficient (Wildman–Crippen LogP) is 0.0272. The van der Waals surface area contributed by atoms with Crippen molar-refractivity contribution >= 4 is 12.4 Å². The van der Waals surface area contributed by atoms with Crippen LogP contribution in [0.3, 0.4) is 0 Å². The van der Waals surface area contributed by atoms with Crippen molar-refractivity contribution in [2.45, 2.75) is 0 Å². The Hall–Kier alpha value is -1.45. The summed E-state index contributed by atoms with van der Waals surface area (Å²) in [6.45, 7) is 0. The van der Waals surface area contributed by atoms with Gasteiger partial charge in [-0.3, -0.25) is 9.48 Å². The lowest BCUT2D eigenvalue weighted by Gasteiger charge is -1.76. The van der Waals surface area contributed by atoms with Crippen molar-refractivity contribution in [2.75, 3.05) is 0 Å². The fourth-order valence-electron chi connectivity index (χ4n) is 0.579. The van der Waals surface area contributed by atoms with Gasteiger partial charge in [0, 0.05) is 7.05 Å². The molecule has 4 nitrogen and oxygen atoms in total. The maximum Gasteiger partial charge on any atom is 0.142 e. The summed E-state index contributed by atoms with van der Waals surface area (Å²) in [5.41, 5.74) is 0.689. The molecule has 1 aromatic rings. The van der Waals surface area contributed by atoms with Crippen LogP contribution in [0, 0.1) is 0 Å². The van der Waals surface area contributed by atoms with Crippen LogP contribution in [0.1, 0.15) is 5.69 Å². The van der Waals surface area contributed by atoms with Gasteiger partial charge in [-0.2, -0.15) is 0 Å². The normalized spacial score (nSPS) is 10.5. The number of aldehydes is 1. The first-order chi connectivity index (χ1) is 4.83. The van der Waals surface area contributed by atoms with Gasteiger partial charge in [0.1, 0.15) is 12.0 Å². The van der Waals surface area contributed by atoms with Gasteiger partial charge in [-0.15, -0.1) is 5.10 Å². The van der Waals surface area contributed by atoms with Gasteiger partial charge < -0.3 is 0 Å². The van der Waals surface area contributed by atoms with Crippen molar-refractivity contribution < 1.29 is 4.79 Å². The summed E-state index contributed by atoms with van der Waals surface area (Å²) in [5, 5.41) is 7.39. The van der Waals surface area contributed by atoms with Gasteiger partial charge in [-0.1, -0.05) is 5.21 Å². The molecule has 1 rings (SSSR count). The van der Waals surface area contributed by atoms with Gasteiger partial charge in [-0.05, 0) is 12.2 Å². The van der Waals surface area contributed by atoms with E-state index in [1.165, 1.54) is 6.08 Å². The lowest BCUT2D eigenvalue weighted by molar-refractivity contribution is -0.104. The highest BCUT2D eigenvalue weighted by atomic mass is 16.1. The SMILES string of the molecule is Cn1cc(/C=C/C=O)nn1. The molecule has 0 fully saturated rings. The average Bonchev–Trinajstić information content (AvgIpc) is 2.31. The minimum absolute atomic E-state index is 0.689. The second-order valence-corrected chi connectivity index (χ2v) is 1.81. The molecule has 0 aliphatic rings. The van der Waals surface area contributed by atoms with Crippen LogP contribution in [0.5, 0.6) is 0 Å². The van der Waals surface area contributed by atoms with E-state index < -0.39 is 0 Å². The summed E-state index contributed by atoms with van der Waals surface area (Å²) in [4.78, 5) is 9.84. The summed E-state index contributed by atoms with van der Waals surface area (Å²) in [7, 11) is 1.77. The minimum atomic E-state index is 0.689. The monoisotopic (exact) mass is 137 g/mol. The smallest absolute Gasteiger partial charge is 0.142 e. The molecule has 0 unspecified atom stereocenters. The molecule has 0 bridgehead atoms. The van der Waals surface area contributed by atoms with Gasteiger partial charge >= 0.3 is 0 Å². The van der Waals surface area contributed by atoms with E-state index in [9.17, 15) is 4.79 Å². The zero-order valence-electron chi connectivity index (χ0n) is 5.56. The van der Waals surface area contributed by atoms with E-state index in [-0.39, 0.29) is 0 Å². The van der Waals surface area contributed by atoms with Crippen molar-refractivity contribution in [3.05, 3.63) is 18.0 Å². The number of allylic oxidation sites excluding steroid dienone is 1. The third kappa shape index (κ3) is 1.51. The maximum atomic E-state index is 9.84. The number of carbonyl (C=O) groups is 1. The van der Waals surface area contributed by atoms with Crippen LogP contribution < -0.4 is 0 Å². The Balaban J connectivity index is 2.75. The van der Waals surface area contributed by atoms with Crippen LogP contribution in [-0.2, 0) is 11.8 Å². The Labute approximate surface area is 58.2 Å². The van der Waals surface area contributed by atoms with Crippen molar-refractivity contribution in [2.24, 2.45) is 7.05 Å². The fourth-order valence-corrected chi connectivity index (χ4v) is 0.579. The molecule has 0 amide bonds. The molecule has 0 aliphatic heterocycles. The third-order valence-electron chi connectivity index (χ3n) is 0.966. The van der Waals surface area contributed by atoms with Crippen LogP contribution in [0.25, 0.3) is 6.08 Å². The van der Waals surface area contributed by atoms with Gasteiger partial charge in [0.25, 0.3) is 0 Å². The van der Waals surface area contributed by atoms with Crippen LogP contribution in [-0.4, -0.2) is 21.3 Å². The highest BCUT2D eigenvalue weighted by molar-refractivity contribution is 5.72. The highest BCUT2D eigenvalue weighted by Crippen LogP contribution is 1.92. The van der Waals surface area contributed by atoms with Crippen molar-refractivity contribution in [1.82, 2.24) is 15.0 Å². The molecular formula is C6H7N3O. The minimum Gasteiger partial charge on any atom is -0.299 e. The molecule has 1 aromatic heterocycles. The molecule has 0 spiro atoms. The van der Waals surface area contributed by atoms with Crippen molar-refractivity contribution in [3.63, 3.8) is 0 Å². The molecule has 52 valence electrons. The van der Waals surface area contributed by atoms with E-state index in [1.54, 1.807) is 24.0 Å². The molecule has 0 aromatic carbocycles. The Morgan fingerprint density at radius 2 is 2.50 bits per heavy atom. The first-order valence-corrected chi connectivity index (χ1v) is 2.81. The second-order valence-electron chi connectivity index (χ2n) is 1.81. The second kappa shape index (κ2) is 2.91. The lowest BCUT2D eigenvalue weighted by Crippen LogP contribution is -1.85. The summed E-state index contributed by atoms with van der Waals surface area (Å²) >= 11 is 0. The number of hydrogen-bond acceptors (Lipinski definition) is 3. The van der Waals surface area contributed by atoms with E-state index in [4.69, 9.17) is 0 Å². The number of aromatic nitrogens is 3. The molecule has 10 heavy (non-hydrogen) atoms. The molecule has 0 aliphatic carbocycles. The van der Waals surface area contributed by atoms with Crippen LogP contribution in [0.4, 0.5) is 0 Å². The lowest BCUT2D eigenvalue weighted by atomic mass is 10.4. The Morgan fingerprint density at radius 1 is 1.70 bits per heavy atom. The predicted molar refractivity (Wildman–Crippen MR) is 36.1 cm³/mol. The fraction of sp³-hybridized carbons (Fsp3) is 0.167. The quantitative estimate of drug-likeness (QED) is 0.426. The summed E-state index contributed by atoms with van der Waals surface area (Å²) in [6.07, 6.45) is 5.40. The molecular weight excluding hydrogens is 130 g/mol. The molecule has 0 radical (unpaired) electrons. The third-order valence-corrected chi connectivity index (χ3v) is 0.966. The van der Waals surface area contributed by atoms with Crippen molar-refractivity contribution in [1.29, 1.82) is 0 Å².